The van der Waals surface area contributed by atoms with E-state index in [1.165, 1.54) is 0 Å². The molecule has 0 aliphatic carbocycles. The quantitative estimate of drug-likeness (QED) is 0.734. The molecule has 1 atom stereocenters. The van der Waals surface area contributed by atoms with E-state index in [0.29, 0.717) is 25.1 Å². The van der Waals surface area contributed by atoms with Gasteiger partial charge in [0.2, 0.25) is 0 Å². The largest absolute Gasteiger partial charge is 0.383 e. The summed E-state index contributed by atoms with van der Waals surface area (Å²) in [5, 5.41) is 10.3. The van der Waals surface area contributed by atoms with Gasteiger partial charge in [0.05, 0.1) is 13.2 Å². The molecule has 1 unspecified atom stereocenters. The van der Waals surface area contributed by atoms with Crippen LogP contribution in [0.25, 0.3) is 0 Å². The van der Waals surface area contributed by atoms with Crippen LogP contribution in [0.5, 0.6) is 0 Å². The van der Waals surface area contributed by atoms with Crippen LogP contribution >= 0.6 is 0 Å². The molecule has 5 nitrogen and oxygen atoms in total. The van der Waals surface area contributed by atoms with E-state index >= 15 is 0 Å². The number of ether oxygens (including phenoxy) is 1. The minimum atomic E-state index is 0.341. The maximum absolute atomic E-state index is 5.15. The number of rotatable bonds is 6. The molecule has 1 aromatic heterocycles. The van der Waals surface area contributed by atoms with Gasteiger partial charge in [-0.3, -0.25) is 5.10 Å². The van der Waals surface area contributed by atoms with E-state index in [-0.39, 0.29) is 0 Å². The van der Waals surface area contributed by atoms with Gasteiger partial charge in [-0.15, -0.1) is 0 Å². The van der Waals surface area contributed by atoms with Gasteiger partial charge in [0, 0.05) is 13.2 Å². The van der Waals surface area contributed by atoms with Crippen LogP contribution in [0.2, 0.25) is 0 Å². The highest BCUT2D eigenvalue weighted by atomic mass is 16.5. The maximum atomic E-state index is 5.15. The minimum Gasteiger partial charge on any atom is -0.383 e. The lowest BCUT2D eigenvalue weighted by atomic mass is 10.1. The van der Waals surface area contributed by atoms with Gasteiger partial charge in [-0.1, -0.05) is 13.8 Å². The predicted molar refractivity (Wildman–Crippen MR) is 58.5 cm³/mol. The Balaban J connectivity index is 2.39. The van der Waals surface area contributed by atoms with Crippen molar-refractivity contribution in [3.8, 4) is 0 Å². The van der Waals surface area contributed by atoms with Crippen molar-refractivity contribution in [2.45, 2.75) is 33.4 Å². The number of hydrogen-bond acceptors (Lipinski definition) is 4. The van der Waals surface area contributed by atoms with Crippen molar-refractivity contribution in [2.24, 2.45) is 5.92 Å². The smallest absolute Gasteiger partial charge is 0.164 e. The van der Waals surface area contributed by atoms with E-state index in [9.17, 15) is 0 Å². The zero-order valence-corrected chi connectivity index (χ0v) is 9.87. The van der Waals surface area contributed by atoms with Gasteiger partial charge in [-0.05, 0) is 12.8 Å². The molecule has 0 aliphatic heterocycles. The Hall–Kier alpha value is -0.940. The van der Waals surface area contributed by atoms with Crippen LogP contribution < -0.4 is 5.32 Å². The first-order valence-electron chi connectivity index (χ1n) is 5.23. The fraction of sp³-hybridized carbons (Fsp3) is 0.800. The molecule has 1 rings (SSSR count). The van der Waals surface area contributed by atoms with Crippen LogP contribution in [0.15, 0.2) is 0 Å². The summed E-state index contributed by atoms with van der Waals surface area (Å²) in [6.07, 6.45) is 0. The van der Waals surface area contributed by atoms with Gasteiger partial charge in [-0.2, -0.15) is 5.10 Å². The van der Waals surface area contributed by atoms with Gasteiger partial charge >= 0.3 is 0 Å². The fourth-order valence-electron chi connectivity index (χ4n) is 1.36. The van der Waals surface area contributed by atoms with E-state index in [1.807, 2.05) is 6.92 Å². The first-order chi connectivity index (χ1) is 7.13. The number of aromatic amines is 1. The van der Waals surface area contributed by atoms with Gasteiger partial charge in [0.15, 0.2) is 5.82 Å². The lowest BCUT2D eigenvalue weighted by Gasteiger charge is -2.20. The third-order valence-electron chi connectivity index (χ3n) is 2.32. The Bertz CT molecular complexity index is 285. The second-order valence-corrected chi connectivity index (χ2v) is 4.02. The molecule has 0 saturated heterocycles. The molecule has 0 amide bonds. The standard InChI is InChI=1S/C10H20N4O/c1-7(2)9(6-15-4)11-5-10-12-8(3)13-14-10/h7,9,11H,5-6H2,1-4H3,(H,12,13,14). The summed E-state index contributed by atoms with van der Waals surface area (Å²) in [6, 6.07) is 0.341. The van der Waals surface area contributed by atoms with Crippen molar-refractivity contribution in [1.82, 2.24) is 20.5 Å². The summed E-state index contributed by atoms with van der Waals surface area (Å²) >= 11 is 0. The lowest BCUT2D eigenvalue weighted by Crippen LogP contribution is -2.37. The average Bonchev–Trinajstić information content (AvgIpc) is 2.58. The average molecular weight is 212 g/mol. The van der Waals surface area contributed by atoms with Crippen molar-refractivity contribution in [3.05, 3.63) is 11.6 Å². The summed E-state index contributed by atoms with van der Waals surface area (Å²) in [7, 11) is 1.72. The third kappa shape index (κ3) is 3.97. The Kier molecular flexibility index (Phi) is 4.71. The highest BCUT2D eigenvalue weighted by molar-refractivity contribution is 4.87. The number of aryl methyl sites for hydroxylation is 1. The monoisotopic (exact) mass is 212 g/mol. The molecule has 5 heteroatoms. The Labute approximate surface area is 90.6 Å². The first-order valence-corrected chi connectivity index (χ1v) is 5.23. The zero-order valence-electron chi connectivity index (χ0n) is 9.87. The molecule has 0 spiro atoms. The second-order valence-electron chi connectivity index (χ2n) is 4.02. The van der Waals surface area contributed by atoms with Gasteiger partial charge in [0.25, 0.3) is 0 Å². The highest BCUT2D eigenvalue weighted by Gasteiger charge is 2.13. The summed E-state index contributed by atoms with van der Waals surface area (Å²) in [5.41, 5.74) is 0. The van der Waals surface area contributed by atoms with Crippen LogP contribution in [0.4, 0.5) is 0 Å². The van der Waals surface area contributed by atoms with Crippen LogP contribution in [0.3, 0.4) is 0 Å². The molecule has 1 heterocycles. The summed E-state index contributed by atoms with van der Waals surface area (Å²) in [4.78, 5) is 4.23. The van der Waals surface area contributed by atoms with E-state index in [0.717, 1.165) is 11.6 Å². The summed E-state index contributed by atoms with van der Waals surface area (Å²) in [5.74, 6) is 2.18. The fourth-order valence-corrected chi connectivity index (χ4v) is 1.36. The normalized spacial score (nSPS) is 13.4. The van der Waals surface area contributed by atoms with Gasteiger partial charge in [-0.25, -0.2) is 4.98 Å². The second kappa shape index (κ2) is 5.82. The van der Waals surface area contributed by atoms with Crippen LogP contribution in [0.1, 0.15) is 25.5 Å². The predicted octanol–water partition coefficient (Wildman–Crippen LogP) is 0.874. The van der Waals surface area contributed by atoms with E-state index in [2.05, 4.69) is 34.3 Å². The number of aromatic nitrogens is 3. The van der Waals surface area contributed by atoms with Gasteiger partial charge in [0.1, 0.15) is 5.82 Å². The molecular weight excluding hydrogens is 192 g/mol. The van der Waals surface area contributed by atoms with E-state index < -0.39 is 0 Å². The molecule has 2 N–H and O–H groups in total. The number of nitrogens with zero attached hydrogens (tertiary/aromatic N) is 2. The molecule has 1 aromatic rings. The molecule has 0 fully saturated rings. The van der Waals surface area contributed by atoms with Crippen molar-refractivity contribution < 1.29 is 4.74 Å². The number of methoxy groups -OCH3 is 1. The van der Waals surface area contributed by atoms with Crippen LogP contribution in [-0.4, -0.2) is 34.9 Å². The van der Waals surface area contributed by atoms with E-state index in [4.69, 9.17) is 4.74 Å². The lowest BCUT2D eigenvalue weighted by molar-refractivity contribution is 0.146. The zero-order chi connectivity index (χ0) is 11.3. The molecule has 0 aromatic carbocycles. The molecule has 0 saturated carbocycles. The van der Waals surface area contributed by atoms with Crippen molar-refractivity contribution in [2.75, 3.05) is 13.7 Å². The molecule has 86 valence electrons. The maximum Gasteiger partial charge on any atom is 0.164 e. The topological polar surface area (TPSA) is 62.8 Å². The van der Waals surface area contributed by atoms with Crippen molar-refractivity contribution in [3.63, 3.8) is 0 Å². The SMILES string of the molecule is COCC(NCc1n[nH]c(C)n1)C(C)C. The molecule has 15 heavy (non-hydrogen) atoms. The number of H-pyrrole nitrogens is 1. The molecule has 0 aliphatic rings. The molecular formula is C10H20N4O. The van der Waals surface area contributed by atoms with Crippen LogP contribution in [0, 0.1) is 12.8 Å². The van der Waals surface area contributed by atoms with E-state index in [1.54, 1.807) is 7.11 Å². The number of nitrogens with one attached hydrogen (secondary N) is 2. The Morgan fingerprint density at radius 1 is 1.47 bits per heavy atom. The number of hydrogen-bond donors (Lipinski definition) is 2. The summed E-state index contributed by atoms with van der Waals surface area (Å²) < 4.78 is 5.15. The Morgan fingerprint density at radius 2 is 2.20 bits per heavy atom. The highest BCUT2D eigenvalue weighted by Crippen LogP contribution is 2.02. The third-order valence-corrected chi connectivity index (χ3v) is 2.32. The van der Waals surface area contributed by atoms with Crippen molar-refractivity contribution in [1.29, 1.82) is 0 Å². The first kappa shape index (κ1) is 12.1. The molecule has 0 bridgehead atoms. The molecule has 0 radical (unpaired) electrons. The Morgan fingerprint density at radius 3 is 2.67 bits per heavy atom. The van der Waals surface area contributed by atoms with Gasteiger partial charge < -0.3 is 10.1 Å². The van der Waals surface area contributed by atoms with Crippen LogP contribution in [-0.2, 0) is 11.3 Å². The minimum absolute atomic E-state index is 0.341. The van der Waals surface area contributed by atoms with Crippen molar-refractivity contribution >= 4 is 0 Å². The summed E-state index contributed by atoms with van der Waals surface area (Å²) in [6.45, 7) is 7.61.